The molecule has 2 N–H and O–H groups in total. The molecule has 0 aromatic heterocycles. The van der Waals surface area contributed by atoms with Crippen LogP contribution in [0.15, 0.2) is 48.5 Å². The third kappa shape index (κ3) is 5.25. The van der Waals surface area contributed by atoms with Crippen LogP contribution >= 0.6 is 0 Å². The second-order valence-corrected chi connectivity index (χ2v) is 8.04. The van der Waals surface area contributed by atoms with E-state index in [4.69, 9.17) is 18.9 Å². The molecule has 2 aliphatic heterocycles. The van der Waals surface area contributed by atoms with Crippen LogP contribution in [0.1, 0.15) is 26.7 Å². The van der Waals surface area contributed by atoms with Crippen LogP contribution in [0.5, 0.6) is 23.0 Å². The number of ether oxygens (including phenoxy) is 4. The Hall–Kier alpha value is -3.42. The van der Waals surface area contributed by atoms with Gasteiger partial charge < -0.3 is 29.6 Å². The molecule has 0 radical (unpaired) electrons. The number of carbonyl (C=O) groups excluding carboxylic acids is 2. The van der Waals surface area contributed by atoms with Crippen LogP contribution in [-0.2, 0) is 9.59 Å². The summed E-state index contributed by atoms with van der Waals surface area (Å²) >= 11 is 0. The number of nitrogens with one attached hydrogen (secondary N) is 2. The number of hydrogen-bond acceptors (Lipinski definition) is 6. The molecule has 8 heteroatoms. The number of amides is 2. The molecule has 0 unspecified atom stereocenters. The quantitative estimate of drug-likeness (QED) is 0.687. The number of rotatable bonds is 7. The predicted molar refractivity (Wildman–Crippen MR) is 117 cm³/mol. The molecule has 8 nitrogen and oxygen atoms in total. The van der Waals surface area contributed by atoms with Crippen molar-refractivity contribution < 1.29 is 28.5 Å². The smallest absolute Gasteiger partial charge is 0.220 e. The molecule has 0 aliphatic carbocycles. The maximum Gasteiger partial charge on any atom is 0.220 e. The molecule has 4 atom stereocenters. The summed E-state index contributed by atoms with van der Waals surface area (Å²) in [5.41, 5.74) is 0. The zero-order valence-electron chi connectivity index (χ0n) is 18.2. The minimum absolute atomic E-state index is 0.0813. The predicted octanol–water partition coefficient (Wildman–Crippen LogP) is 2.46. The Balaban J connectivity index is 1.18. The molecule has 2 heterocycles. The van der Waals surface area contributed by atoms with Gasteiger partial charge in [0.25, 0.3) is 0 Å². The van der Waals surface area contributed by atoms with Gasteiger partial charge in [-0.3, -0.25) is 9.59 Å². The maximum atomic E-state index is 12.3. The van der Waals surface area contributed by atoms with Gasteiger partial charge in [-0.2, -0.15) is 0 Å². The van der Waals surface area contributed by atoms with E-state index in [0.717, 1.165) is 0 Å². The van der Waals surface area contributed by atoms with Crippen LogP contribution in [0.25, 0.3) is 0 Å². The first-order chi connectivity index (χ1) is 15.5. The van der Waals surface area contributed by atoms with Crippen LogP contribution in [0.3, 0.4) is 0 Å². The molecule has 32 heavy (non-hydrogen) atoms. The van der Waals surface area contributed by atoms with Gasteiger partial charge >= 0.3 is 0 Å². The largest absolute Gasteiger partial charge is 0.486 e. The van der Waals surface area contributed by atoms with E-state index in [1.807, 2.05) is 62.4 Å². The second-order valence-electron chi connectivity index (χ2n) is 8.04. The number of hydrogen-bond donors (Lipinski definition) is 2. The highest BCUT2D eigenvalue weighted by Crippen LogP contribution is 2.32. The van der Waals surface area contributed by atoms with Crippen molar-refractivity contribution in [1.82, 2.24) is 10.6 Å². The van der Waals surface area contributed by atoms with Gasteiger partial charge in [0, 0.05) is 12.8 Å². The zero-order valence-corrected chi connectivity index (χ0v) is 18.2. The van der Waals surface area contributed by atoms with E-state index in [1.54, 1.807) is 0 Å². The highest BCUT2D eigenvalue weighted by molar-refractivity contribution is 5.84. The van der Waals surface area contributed by atoms with E-state index >= 15 is 0 Å². The van der Waals surface area contributed by atoms with Crippen molar-refractivity contribution in [2.24, 2.45) is 0 Å². The van der Waals surface area contributed by atoms with Crippen LogP contribution in [-0.4, -0.2) is 49.3 Å². The lowest BCUT2D eigenvalue weighted by molar-refractivity contribution is -0.128. The minimum Gasteiger partial charge on any atom is -0.486 e. The normalized spacial score (nSPS) is 20.6. The first kappa shape index (κ1) is 21.8. The molecule has 2 aromatic rings. The molecule has 0 bridgehead atoms. The summed E-state index contributed by atoms with van der Waals surface area (Å²) in [4.78, 5) is 24.7. The number of para-hydroxylation sites is 4. The maximum absolute atomic E-state index is 12.3. The van der Waals surface area contributed by atoms with Crippen LogP contribution in [0, 0.1) is 0 Å². The van der Waals surface area contributed by atoms with Gasteiger partial charge in [0.15, 0.2) is 35.2 Å². The van der Waals surface area contributed by atoms with E-state index in [9.17, 15) is 9.59 Å². The number of fused-ring (bicyclic) bond motifs is 2. The Morgan fingerprint density at radius 3 is 1.53 bits per heavy atom. The highest BCUT2D eigenvalue weighted by atomic mass is 16.6. The van der Waals surface area contributed by atoms with E-state index < -0.39 is 0 Å². The molecule has 4 rings (SSSR count). The average molecular weight is 440 g/mol. The monoisotopic (exact) mass is 440 g/mol. The van der Waals surface area contributed by atoms with Crippen LogP contribution in [0.2, 0.25) is 0 Å². The zero-order chi connectivity index (χ0) is 22.5. The van der Waals surface area contributed by atoms with E-state index in [-0.39, 0.29) is 48.9 Å². The lowest BCUT2D eigenvalue weighted by Crippen LogP contribution is -2.49. The fraction of sp³-hybridized carbons (Fsp3) is 0.417. The summed E-state index contributed by atoms with van der Waals surface area (Å²) in [5.74, 6) is 2.29. The van der Waals surface area contributed by atoms with Crippen molar-refractivity contribution >= 4 is 11.8 Å². The minimum atomic E-state index is -0.297. The summed E-state index contributed by atoms with van der Waals surface area (Å²) in [6.45, 7) is 4.42. The third-order valence-corrected chi connectivity index (χ3v) is 5.53. The first-order valence-electron chi connectivity index (χ1n) is 10.9. The lowest BCUT2D eigenvalue weighted by atomic mass is 10.1. The van der Waals surface area contributed by atoms with Crippen molar-refractivity contribution in [3.05, 3.63) is 48.5 Å². The number of carbonyl (C=O) groups is 2. The Morgan fingerprint density at radius 1 is 0.750 bits per heavy atom. The van der Waals surface area contributed by atoms with Crippen LogP contribution < -0.4 is 29.6 Å². The van der Waals surface area contributed by atoms with E-state index in [0.29, 0.717) is 36.2 Å². The summed E-state index contributed by atoms with van der Waals surface area (Å²) in [6, 6.07) is 14.3. The van der Waals surface area contributed by atoms with Gasteiger partial charge in [-0.1, -0.05) is 24.3 Å². The molecular weight excluding hydrogens is 412 g/mol. The summed E-state index contributed by atoms with van der Waals surface area (Å²) < 4.78 is 23.2. The SMILES string of the molecule is C[C@H](NC(=O)CCC(=O)N[C@H](C)[C@@H]1COc2ccccc2O1)[C@H]1COc2ccccc2O1. The molecule has 0 fully saturated rings. The standard InChI is InChI=1S/C24H28N2O6/c1-15(21-13-29-17-7-3-5-9-19(17)31-21)25-23(27)11-12-24(28)26-16(2)22-14-30-18-8-4-6-10-20(18)32-22/h3-10,15-16,21-22H,11-14H2,1-2H3,(H,25,27)(H,26,28)/t15-,16+,21+,22-. The summed E-state index contributed by atoms with van der Waals surface area (Å²) in [6.07, 6.45) is -0.432. The fourth-order valence-corrected chi connectivity index (χ4v) is 3.63. The van der Waals surface area contributed by atoms with Crippen LogP contribution in [0.4, 0.5) is 0 Å². The van der Waals surface area contributed by atoms with Gasteiger partial charge in [-0.15, -0.1) is 0 Å². The third-order valence-electron chi connectivity index (χ3n) is 5.53. The van der Waals surface area contributed by atoms with Crippen molar-refractivity contribution in [2.75, 3.05) is 13.2 Å². The van der Waals surface area contributed by atoms with Crippen molar-refractivity contribution in [1.29, 1.82) is 0 Å². The Kier molecular flexibility index (Phi) is 6.68. The first-order valence-corrected chi connectivity index (χ1v) is 10.9. The van der Waals surface area contributed by atoms with E-state index in [2.05, 4.69) is 10.6 Å². The van der Waals surface area contributed by atoms with Crippen molar-refractivity contribution in [2.45, 2.75) is 51.0 Å². The molecule has 170 valence electrons. The molecule has 0 saturated carbocycles. The summed E-state index contributed by atoms with van der Waals surface area (Å²) in [5, 5.41) is 5.79. The lowest BCUT2D eigenvalue weighted by Gasteiger charge is -2.31. The fourth-order valence-electron chi connectivity index (χ4n) is 3.63. The van der Waals surface area contributed by atoms with E-state index in [1.165, 1.54) is 0 Å². The molecule has 0 spiro atoms. The molecule has 2 amide bonds. The van der Waals surface area contributed by atoms with Crippen molar-refractivity contribution in [3.63, 3.8) is 0 Å². The number of benzene rings is 2. The molecule has 0 saturated heterocycles. The molecule has 2 aliphatic rings. The highest BCUT2D eigenvalue weighted by Gasteiger charge is 2.28. The van der Waals surface area contributed by atoms with Gasteiger partial charge in [-0.05, 0) is 38.1 Å². The van der Waals surface area contributed by atoms with Gasteiger partial charge in [0.1, 0.15) is 13.2 Å². The average Bonchev–Trinajstić information content (AvgIpc) is 2.82. The second kappa shape index (κ2) is 9.80. The molecular formula is C24H28N2O6. The Labute approximate surface area is 187 Å². The topological polar surface area (TPSA) is 95.1 Å². The Morgan fingerprint density at radius 2 is 1.12 bits per heavy atom. The Bertz CT molecular complexity index is 888. The van der Waals surface area contributed by atoms with Crippen molar-refractivity contribution in [3.8, 4) is 23.0 Å². The van der Waals surface area contributed by atoms with Gasteiger partial charge in [-0.25, -0.2) is 0 Å². The molecule has 2 aromatic carbocycles. The van der Waals surface area contributed by atoms with Gasteiger partial charge in [0.2, 0.25) is 11.8 Å². The van der Waals surface area contributed by atoms with Gasteiger partial charge in [0.05, 0.1) is 12.1 Å². The summed E-state index contributed by atoms with van der Waals surface area (Å²) in [7, 11) is 0.